The molecule has 1 aromatic carbocycles. The fourth-order valence-corrected chi connectivity index (χ4v) is 1.61. The summed E-state index contributed by atoms with van der Waals surface area (Å²) < 4.78 is 4.65. The maximum atomic E-state index is 12.0. The Kier molecular flexibility index (Phi) is 3.96. The molecule has 2 aromatic rings. The molecule has 0 bridgehead atoms. The van der Waals surface area contributed by atoms with Gasteiger partial charge in [0.1, 0.15) is 12.0 Å². The minimum absolute atomic E-state index is 0.234. The molecule has 1 amide bonds. The van der Waals surface area contributed by atoms with Crippen molar-refractivity contribution in [2.24, 2.45) is 5.73 Å². The first-order chi connectivity index (χ1) is 9.19. The monoisotopic (exact) mass is 255 g/mol. The predicted octanol–water partition coefficient (Wildman–Crippen LogP) is 1.55. The number of nitrogens with one attached hydrogen (secondary N) is 1. The number of carbonyl (C=O) groups is 1. The first-order valence-electron chi connectivity index (χ1n) is 5.70. The number of aryl methyl sites for hydroxylation is 1. The molecule has 0 unspecified atom stereocenters. The lowest BCUT2D eigenvalue weighted by Gasteiger charge is -2.04. The molecule has 0 atom stereocenters. The Bertz CT molecular complexity index is 636. The summed E-state index contributed by atoms with van der Waals surface area (Å²) in [6, 6.07) is 5.41. The van der Waals surface area contributed by atoms with Gasteiger partial charge in [-0.25, -0.2) is 0 Å². The van der Waals surface area contributed by atoms with Crippen LogP contribution in [0.1, 0.15) is 21.5 Å². The van der Waals surface area contributed by atoms with E-state index >= 15 is 0 Å². The van der Waals surface area contributed by atoms with Gasteiger partial charge in [-0.2, -0.15) is 0 Å². The van der Waals surface area contributed by atoms with E-state index in [2.05, 4.69) is 26.8 Å². The number of hydrogen-bond donors (Lipinski definition) is 2. The quantitative estimate of drug-likeness (QED) is 0.798. The van der Waals surface area contributed by atoms with Crippen molar-refractivity contribution in [3.63, 3.8) is 0 Å². The van der Waals surface area contributed by atoms with Crippen LogP contribution in [0.5, 0.6) is 0 Å². The lowest BCUT2D eigenvalue weighted by Crippen LogP contribution is -2.11. The zero-order valence-corrected chi connectivity index (χ0v) is 10.4. The highest BCUT2D eigenvalue weighted by Gasteiger charge is 2.08. The number of anilines is 1. The highest BCUT2D eigenvalue weighted by atomic mass is 16.5. The molecular formula is C14H13N3O2. The van der Waals surface area contributed by atoms with Crippen molar-refractivity contribution >= 4 is 11.6 Å². The molecular weight excluding hydrogens is 242 g/mol. The highest BCUT2D eigenvalue weighted by molar-refractivity contribution is 6.04. The van der Waals surface area contributed by atoms with Gasteiger partial charge in [0.25, 0.3) is 5.91 Å². The third kappa shape index (κ3) is 3.44. The Morgan fingerprint density at radius 3 is 3.00 bits per heavy atom. The van der Waals surface area contributed by atoms with Crippen molar-refractivity contribution in [1.82, 2.24) is 5.16 Å². The minimum atomic E-state index is -0.234. The van der Waals surface area contributed by atoms with E-state index in [1.54, 1.807) is 12.1 Å². The largest absolute Gasteiger partial charge is 0.363 e. The zero-order valence-electron chi connectivity index (χ0n) is 10.4. The standard InChI is InChI=1S/C14H13N3O2/c1-10-5-11(3-2-4-15)7-12(6-10)14(18)17-13-8-16-19-9-13/h5-9H,4,15H2,1H3,(H,17,18). The summed E-state index contributed by atoms with van der Waals surface area (Å²) in [6.45, 7) is 2.19. The number of nitrogens with zero attached hydrogens (tertiary/aromatic N) is 1. The molecule has 0 aliphatic rings. The molecule has 5 nitrogen and oxygen atoms in total. The maximum absolute atomic E-state index is 12.0. The van der Waals surface area contributed by atoms with Crippen molar-refractivity contribution in [3.8, 4) is 11.8 Å². The minimum Gasteiger partial charge on any atom is -0.363 e. The van der Waals surface area contributed by atoms with Gasteiger partial charge < -0.3 is 15.6 Å². The predicted molar refractivity (Wildman–Crippen MR) is 71.6 cm³/mol. The number of amides is 1. The average molecular weight is 255 g/mol. The van der Waals surface area contributed by atoms with E-state index < -0.39 is 0 Å². The van der Waals surface area contributed by atoms with Crippen LogP contribution in [-0.2, 0) is 0 Å². The van der Waals surface area contributed by atoms with Crippen molar-refractivity contribution in [1.29, 1.82) is 0 Å². The number of rotatable bonds is 2. The summed E-state index contributed by atoms with van der Waals surface area (Å²) in [4.78, 5) is 12.0. The van der Waals surface area contributed by atoms with Crippen LogP contribution in [0, 0.1) is 18.8 Å². The molecule has 0 spiro atoms. The van der Waals surface area contributed by atoms with Crippen LogP contribution in [0.15, 0.2) is 35.2 Å². The first kappa shape index (κ1) is 12.9. The lowest BCUT2D eigenvalue weighted by molar-refractivity contribution is 0.102. The number of benzene rings is 1. The molecule has 96 valence electrons. The summed E-state index contributed by atoms with van der Waals surface area (Å²) in [5.74, 6) is 5.44. The van der Waals surface area contributed by atoms with E-state index in [0.717, 1.165) is 11.1 Å². The van der Waals surface area contributed by atoms with Gasteiger partial charge in [0.05, 0.1) is 12.7 Å². The fourth-order valence-electron chi connectivity index (χ4n) is 1.61. The molecule has 2 rings (SSSR count). The van der Waals surface area contributed by atoms with E-state index in [1.165, 1.54) is 12.5 Å². The van der Waals surface area contributed by atoms with E-state index in [0.29, 0.717) is 11.3 Å². The molecule has 1 heterocycles. The number of carbonyl (C=O) groups excluding carboxylic acids is 1. The van der Waals surface area contributed by atoms with Crippen LogP contribution in [-0.4, -0.2) is 17.6 Å². The van der Waals surface area contributed by atoms with Crippen LogP contribution in [0.2, 0.25) is 0 Å². The summed E-state index contributed by atoms with van der Waals surface area (Å²) in [5.41, 5.74) is 8.10. The highest BCUT2D eigenvalue weighted by Crippen LogP contribution is 2.12. The topological polar surface area (TPSA) is 81.2 Å². The van der Waals surface area contributed by atoms with E-state index in [4.69, 9.17) is 5.73 Å². The van der Waals surface area contributed by atoms with Crippen LogP contribution >= 0.6 is 0 Å². The van der Waals surface area contributed by atoms with Gasteiger partial charge >= 0.3 is 0 Å². The third-order valence-electron chi connectivity index (χ3n) is 2.36. The summed E-state index contributed by atoms with van der Waals surface area (Å²) >= 11 is 0. The normalized spacial score (nSPS) is 9.58. The molecule has 0 saturated carbocycles. The van der Waals surface area contributed by atoms with Gasteiger partial charge in [-0.05, 0) is 30.7 Å². The number of aromatic nitrogens is 1. The van der Waals surface area contributed by atoms with Crippen LogP contribution in [0.25, 0.3) is 0 Å². The second-order valence-electron chi connectivity index (χ2n) is 3.96. The molecule has 0 aliphatic carbocycles. The van der Waals surface area contributed by atoms with E-state index in [-0.39, 0.29) is 12.5 Å². The van der Waals surface area contributed by atoms with E-state index in [1.807, 2.05) is 13.0 Å². The van der Waals surface area contributed by atoms with Crippen molar-refractivity contribution in [3.05, 3.63) is 47.3 Å². The van der Waals surface area contributed by atoms with Gasteiger partial charge in [-0.3, -0.25) is 4.79 Å². The van der Waals surface area contributed by atoms with Gasteiger partial charge in [0, 0.05) is 11.1 Å². The second kappa shape index (κ2) is 5.85. The molecule has 0 fully saturated rings. The second-order valence-corrected chi connectivity index (χ2v) is 3.96. The summed E-state index contributed by atoms with van der Waals surface area (Å²) in [7, 11) is 0. The van der Waals surface area contributed by atoms with Gasteiger partial charge in [0.2, 0.25) is 0 Å². The van der Waals surface area contributed by atoms with E-state index in [9.17, 15) is 4.79 Å². The lowest BCUT2D eigenvalue weighted by atomic mass is 10.1. The third-order valence-corrected chi connectivity index (χ3v) is 2.36. The van der Waals surface area contributed by atoms with Crippen molar-refractivity contribution in [2.75, 3.05) is 11.9 Å². The molecule has 19 heavy (non-hydrogen) atoms. The molecule has 0 aliphatic heterocycles. The average Bonchev–Trinajstić information content (AvgIpc) is 2.88. The molecule has 0 radical (unpaired) electrons. The van der Waals surface area contributed by atoms with Crippen LogP contribution in [0.4, 0.5) is 5.69 Å². The summed E-state index contributed by atoms with van der Waals surface area (Å²) in [6.07, 6.45) is 2.80. The molecule has 0 saturated heterocycles. The molecule has 5 heteroatoms. The Labute approximate surface area is 110 Å². The fraction of sp³-hybridized carbons (Fsp3) is 0.143. The Balaban J connectivity index is 2.24. The van der Waals surface area contributed by atoms with Gasteiger partial charge in [-0.1, -0.05) is 17.0 Å². The van der Waals surface area contributed by atoms with Crippen LogP contribution < -0.4 is 11.1 Å². The van der Waals surface area contributed by atoms with Crippen molar-refractivity contribution < 1.29 is 9.32 Å². The van der Waals surface area contributed by atoms with Gasteiger partial charge in [0.15, 0.2) is 0 Å². The first-order valence-corrected chi connectivity index (χ1v) is 5.70. The summed E-state index contributed by atoms with van der Waals surface area (Å²) in [5, 5.41) is 6.20. The zero-order chi connectivity index (χ0) is 13.7. The molecule has 3 N–H and O–H groups in total. The maximum Gasteiger partial charge on any atom is 0.255 e. The molecule has 1 aromatic heterocycles. The number of nitrogens with two attached hydrogens (primary N) is 1. The Hall–Kier alpha value is -2.58. The number of hydrogen-bond acceptors (Lipinski definition) is 4. The SMILES string of the molecule is Cc1cc(C#CCN)cc(C(=O)Nc2cnoc2)c1. The Morgan fingerprint density at radius 1 is 1.47 bits per heavy atom. The van der Waals surface area contributed by atoms with Crippen molar-refractivity contribution in [2.45, 2.75) is 6.92 Å². The smallest absolute Gasteiger partial charge is 0.255 e. The van der Waals surface area contributed by atoms with Gasteiger partial charge in [-0.15, -0.1) is 0 Å². The Morgan fingerprint density at radius 2 is 2.32 bits per heavy atom. The van der Waals surface area contributed by atoms with Crippen LogP contribution in [0.3, 0.4) is 0 Å².